The highest BCUT2D eigenvalue weighted by Gasteiger charge is 2.49. The molecule has 1 unspecified atom stereocenters. The van der Waals surface area contributed by atoms with Gasteiger partial charge in [0.2, 0.25) is 0 Å². The van der Waals surface area contributed by atoms with Gasteiger partial charge in [0.05, 0.1) is 0 Å². The molecule has 0 fully saturated rings. The van der Waals surface area contributed by atoms with Crippen LogP contribution in [-0.4, -0.2) is 0 Å². The van der Waals surface area contributed by atoms with Crippen LogP contribution in [0.1, 0.15) is 40.3 Å². The SMILES string of the molecule is C=Cc1ccccc1OP1(Oc2ccccc2C=C)=NP(Oc2ccccc2C=C)(Oc2ccccc2C=C)=NP(Oc2ccccc2C=C)(Oc2ccccc2C(=C)C)=N1. The predicted molar refractivity (Wildman–Crippen MR) is 256 cm³/mol. The summed E-state index contributed by atoms with van der Waals surface area (Å²) in [5, 5.41) is 0. The van der Waals surface area contributed by atoms with Crippen molar-refractivity contribution in [3.05, 3.63) is 218 Å². The molecule has 12 heteroatoms. The van der Waals surface area contributed by atoms with Gasteiger partial charge in [-0.15, -0.1) is 0 Å². The largest absolute Gasteiger partial charge is 0.460 e. The third-order valence-corrected chi connectivity index (χ3v) is 17.1. The van der Waals surface area contributed by atoms with Crippen LogP contribution in [0, 0.1) is 0 Å². The van der Waals surface area contributed by atoms with E-state index in [-0.39, 0.29) is 0 Å². The molecule has 0 saturated heterocycles. The number of nitrogens with zero attached hydrogens (tertiary/aromatic N) is 3. The standard InChI is InChI=1S/C49H44N3O6P3/c1-8-38-25-13-19-31-44(38)53-59(54-45-32-20-14-26-39(45)9-2)50-60(55-46-33-21-15-27-40(46)10-3,56-47-34-22-16-28-41(47)11-4)52-61(51-59,57-48-35-23-17-29-42(48)12-5)58-49-36-24-18-30-43(49)37(6)7/h8-36H,1-6H2,7H3. The molecule has 1 aliphatic rings. The van der Waals surface area contributed by atoms with Crippen LogP contribution in [0.4, 0.5) is 0 Å². The Bertz CT molecular complexity index is 2640. The van der Waals surface area contributed by atoms with E-state index in [1.165, 1.54) is 0 Å². The first kappa shape index (κ1) is 42.4. The molecular formula is C49H44N3O6P3. The maximum atomic E-state index is 7.18. The molecule has 1 aliphatic heterocycles. The number of para-hydroxylation sites is 6. The monoisotopic (exact) mass is 863 g/mol. The molecule has 0 saturated carbocycles. The molecule has 9 nitrogen and oxygen atoms in total. The van der Waals surface area contributed by atoms with Gasteiger partial charge in [0, 0.05) is 33.4 Å². The smallest absolute Gasteiger partial charge is 0.413 e. The Labute approximate surface area is 358 Å². The minimum absolute atomic E-state index is 0.360. The fraction of sp³-hybridized carbons (Fsp3) is 0.0204. The average Bonchev–Trinajstić information content (AvgIpc) is 3.27. The number of hydrogen-bond donors (Lipinski definition) is 0. The summed E-state index contributed by atoms with van der Waals surface area (Å²) in [5.41, 5.74) is 4.64. The van der Waals surface area contributed by atoms with Crippen molar-refractivity contribution in [2.45, 2.75) is 6.92 Å². The van der Waals surface area contributed by atoms with Gasteiger partial charge in [-0.05, 0) is 48.9 Å². The van der Waals surface area contributed by atoms with Crippen molar-refractivity contribution in [2.75, 3.05) is 0 Å². The highest BCUT2D eigenvalue weighted by atomic mass is 31.3. The highest BCUT2D eigenvalue weighted by Crippen LogP contribution is 2.79. The minimum atomic E-state index is -4.26. The van der Waals surface area contributed by atoms with E-state index in [1.807, 2.05) is 116 Å². The maximum absolute atomic E-state index is 7.18. The highest BCUT2D eigenvalue weighted by molar-refractivity contribution is 7.79. The van der Waals surface area contributed by atoms with Gasteiger partial charge in [0.25, 0.3) is 0 Å². The lowest BCUT2D eigenvalue weighted by atomic mass is 10.1. The molecule has 1 atom stereocenters. The lowest BCUT2D eigenvalue weighted by Crippen LogP contribution is -2.12. The molecular weight excluding hydrogens is 819 g/mol. The third-order valence-electron chi connectivity index (χ3n) is 9.02. The fourth-order valence-electron chi connectivity index (χ4n) is 6.09. The van der Waals surface area contributed by atoms with Crippen molar-refractivity contribution in [3.8, 4) is 34.5 Å². The van der Waals surface area contributed by atoms with Gasteiger partial charge in [-0.3, -0.25) is 0 Å². The van der Waals surface area contributed by atoms with Crippen LogP contribution in [0.5, 0.6) is 34.5 Å². The maximum Gasteiger partial charge on any atom is 0.460 e. The number of benzene rings is 6. The Morgan fingerprint density at radius 2 is 0.574 bits per heavy atom. The summed E-state index contributed by atoms with van der Waals surface area (Å²) in [5.74, 6) is 2.18. The van der Waals surface area contributed by atoms with Crippen molar-refractivity contribution >= 4 is 58.9 Å². The quantitative estimate of drug-likeness (QED) is 0.0799. The topological polar surface area (TPSA) is 92.5 Å². The average molecular weight is 864 g/mol. The van der Waals surface area contributed by atoms with Crippen LogP contribution in [-0.2, 0) is 0 Å². The van der Waals surface area contributed by atoms with Crippen LogP contribution < -0.4 is 27.1 Å². The summed E-state index contributed by atoms with van der Waals surface area (Å²) < 4.78 is 59.0. The minimum Gasteiger partial charge on any atom is -0.413 e. The molecule has 0 aromatic heterocycles. The molecule has 0 radical (unpaired) electrons. The summed E-state index contributed by atoms with van der Waals surface area (Å²) >= 11 is 0. The second-order valence-corrected chi connectivity index (χ2v) is 19.5. The summed E-state index contributed by atoms with van der Waals surface area (Å²) in [4.78, 5) is 0. The first-order valence-electron chi connectivity index (χ1n) is 19.1. The second-order valence-electron chi connectivity index (χ2n) is 13.3. The summed E-state index contributed by atoms with van der Waals surface area (Å²) in [6.07, 6.45) is 8.37. The molecule has 306 valence electrons. The van der Waals surface area contributed by atoms with Crippen LogP contribution in [0.3, 0.4) is 0 Å². The Balaban J connectivity index is 1.69. The summed E-state index contributed by atoms with van der Waals surface area (Å²) in [7, 11) is -12.8. The van der Waals surface area contributed by atoms with Crippen molar-refractivity contribution in [3.63, 3.8) is 0 Å². The zero-order valence-corrected chi connectivity index (χ0v) is 36.3. The second kappa shape index (κ2) is 18.7. The normalized spacial score (nSPS) is 15.8. The van der Waals surface area contributed by atoms with Gasteiger partial charge in [0.15, 0.2) is 0 Å². The van der Waals surface area contributed by atoms with Crippen LogP contribution >= 0.6 is 23.0 Å². The van der Waals surface area contributed by atoms with Crippen LogP contribution in [0.2, 0.25) is 0 Å². The zero-order valence-electron chi connectivity index (χ0n) is 33.6. The molecule has 1 heterocycles. The molecule has 0 spiro atoms. The van der Waals surface area contributed by atoms with Gasteiger partial charge in [-0.2, -0.15) is 0 Å². The predicted octanol–water partition coefficient (Wildman–Crippen LogP) is 16.6. The molecule has 6 aromatic carbocycles. The molecule has 0 N–H and O–H groups in total. The number of hydrogen-bond acceptors (Lipinski definition) is 9. The van der Waals surface area contributed by atoms with Gasteiger partial charge < -0.3 is 27.1 Å². The van der Waals surface area contributed by atoms with E-state index in [1.54, 1.807) is 66.8 Å². The van der Waals surface area contributed by atoms with Gasteiger partial charge in [-0.1, -0.05) is 193 Å². The van der Waals surface area contributed by atoms with E-state index < -0.39 is 23.0 Å². The van der Waals surface area contributed by atoms with E-state index >= 15 is 0 Å². The fourth-order valence-corrected chi connectivity index (χ4v) is 15.3. The van der Waals surface area contributed by atoms with Crippen LogP contribution in [0.15, 0.2) is 199 Å². The van der Waals surface area contributed by atoms with E-state index in [0.717, 1.165) is 5.57 Å². The van der Waals surface area contributed by atoms with Gasteiger partial charge in [0.1, 0.15) is 34.5 Å². The molecule has 0 aliphatic carbocycles. The van der Waals surface area contributed by atoms with E-state index in [4.69, 9.17) is 40.7 Å². The molecule has 0 amide bonds. The van der Waals surface area contributed by atoms with Crippen molar-refractivity contribution < 1.29 is 27.1 Å². The first-order chi connectivity index (χ1) is 29.7. The Hall–Kier alpha value is -6.75. The van der Waals surface area contributed by atoms with Crippen LogP contribution in [0.25, 0.3) is 36.0 Å². The summed E-state index contributed by atoms with van der Waals surface area (Å²) in [6.45, 7) is 26.4. The zero-order chi connectivity index (χ0) is 42.9. The Kier molecular flexibility index (Phi) is 13.0. The molecule has 0 bridgehead atoms. The molecule has 61 heavy (non-hydrogen) atoms. The lowest BCUT2D eigenvalue weighted by molar-refractivity contribution is 0.442. The molecule has 6 aromatic rings. The van der Waals surface area contributed by atoms with Crippen molar-refractivity contribution in [1.82, 2.24) is 0 Å². The lowest BCUT2D eigenvalue weighted by Gasteiger charge is -2.34. The van der Waals surface area contributed by atoms with Crippen molar-refractivity contribution in [1.29, 1.82) is 0 Å². The third kappa shape index (κ3) is 9.51. The van der Waals surface area contributed by atoms with Gasteiger partial charge >= 0.3 is 23.0 Å². The molecule has 7 rings (SSSR count). The van der Waals surface area contributed by atoms with Crippen molar-refractivity contribution in [2.24, 2.45) is 13.5 Å². The number of rotatable bonds is 18. The Morgan fingerprint density at radius 1 is 0.361 bits per heavy atom. The van der Waals surface area contributed by atoms with E-state index in [9.17, 15) is 0 Å². The number of allylic oxidation sites excluding steroid dienone is 1. The van der Waals surface area contributed by atoms with Gasteiger partial charge in [-0.25, -0.2) is 0 Å². The van der Waals surface area contributed by atoms with E-state index in [2.05, 4.69) is 39.5 Å². The Morgan fingerprint density at radius 3 is 0.820 bits per heavy atom. The van der Waals surface area contributed by atoms with E-state index in [0.29, 0.717) is 67.9 Å². The first-order valence-corrected chi connectivity index (χ1v) is 23.7. The summed E-state index contributed by atoms with van der Waals surface area (Å²) in [6, 6.07) is 44.2.